The van der Waals surface area contributed by atoms with Gasteiger partial charge in [-0.25, -0.2) is 0 Å². The summed E-state index contributed by atoms with van der Waals surface area (Å²) in [5, 5.41) is 0. The van der Waals surface area contributed by atoms with Crippen LogP contribution in [-0.4, -0.2) is 5.78 Å². The van der Waals surface area contributed by atoms with Gasteiger partial charge < -0.3 is 0 Å². The minimum Gasteiger partial charge on any atom is -0.299 e. The van der Waals surface area contributed by atoms with Gasteiger partial charge in [0.1, 0.15) is 5.78 Å². The number of allylic oxidation sites excluding steroid dienone is 1. The van der Waals surface area contributed by atoms with Crippen LogP contribution in [0.1, 0.15) is 63.4 Å². The summed E-state index contributed by atoms with van der Waals surface area (Å²) in [6, 6.07) is 10.8. The number of carbonyl (C=O) groups is 1. The number of Topliss-reactive ketones (excluding diaryl/α,β-unsaturated/α-hetero) is 1. The molecular formula is C19H26O. The largest absolute Gasteiger partial charge is 0.299 e. The van der Waals surface area contributed by atoms with Crippen LogP contribution in [0.2, 0.25) is 0 Å². The van der Waals surface area contributed by atoms with E-state index in [1.54, 1.807) is 6.92 Å². The number of hydrogen-bond donors (Lipinski definition) is 0. The molecule has 0 amide bonds. The Balaban J connectivity index is 1.99. The summed E-state index contributed by atoms with van der Waals surface area (Å²) < 4.78 is 0. The SMILES string of the molecule is C=CCCCC1(C(C)=O)CCC(c2ccccc2)CC1. The van der Waals surface area contributed by atoms with Gasteiger partial charge in [0.15, 0.2) is 0 Å². The molecule has 1 aromatic rings. The monoisotopic (exact) mass is 270 g/mol. The summed E-state index contributed by atoms with van der Waals surface area (Å²) in [5.74, 6) is 1.04. The fraction of sp³-hybridized carbons (Fsp3) is 0.526. The van der Waals surface area contributed by atoms with Gasteiger partial charge in [0, 0.05) is 5.41 Å². The minimum atomic E-state index is -0.0473. The Morgan fingerprint density at radius 3 is 2.50 bits per heavy atom. The van der Waals surface area contributed by atoms with Crippen molar-refractivity contribution < 1.29 is 4.79 Å². The highest BCUT2D eigenvalue weighted by Crippen LogP contribution is 2.46. The fourth-order valence-corrected chi connectivity index (χ4v) is 3.59. The summed E-state index contributed by atoms with van der Waals surface area (Å²) in [6.07, 6.45) is 9.53. The molecule has 1 nitrogen and oxygen atoms in total. The summed E-state index contributed by atoms with van der Waals surface area (Å²) in [7, 11) is 0. The first-order valence-electron chi connectivity index (χ1n) is 7.85. The molecule has 0 heterocycles. The van der Waals surface area contributed by atoms with Crippen molar-refractivity contribution in [3.05, 3.63) is 48.6 Å². The minimum absolute atomic E-state index is 0.0473. The smallest absolute Gasteiger partial charge is 0.135 e. The second-order valence-electron chi connectivity index (χ2n) is 6.20. The second kappa shape index (κ2) is 6.88. The van der Waals surface area contributed by atoms with Crippen LogP contribution in [0, 0.1) is 5.41 Å². The van der Waals surface area contributed by atoms with Crippen molar-refractivity contribution >= 4 is 5.78 Å². The first-order valence-corrected chi connectivity index (χ1v) is 7.85. The van der Waals surface area contributed by atoms with E-state index in [2.05, 4.69) is 36.9 Å². The molecule has 0 N–H and O–H groups in total. The van der Waals surface area contributed by atoms with Gasteiger partial charge in [-0.3, -0.25) is 4.79 Å². The second-order valence-corrected chi connectivity index (χ2v) is 6.20. The number of carbonyl (C=O) groups excluding carboxylic acids is 1. The molecule has 20 heavy (non-hydrogen) atoms. The van der Waals surface area contributed by atoms with Crippen LogP contribution in [0.5, 0.6) is 0 Å². The van der Waals surface area contributed by atoms with E-state index in [0.717, 1.165) is 44.9 Å². The number of unbranched alkanes of at least 4 members (excludes halogenated alkanes) is 1. The third-order valence-corrected chi connectivity index (χ3v) is 5.02. The van der Waals surface area contributed by atoms with E-state index in [0.29, 0.717) is 11.7 Å². The van der Waals surface area contributed by atoms with E-state index in [4.69, 9.17) is 0 Å². The third-order valence-electron chi connectivity index (χ3n) is 5.02. The van der Waals surface area contributed by atoms with Gasteiger partial charge in [0.05, 0.1) is 0 Å². The molecule has 0 bridgehead atoms. The van der Waals surface area contributed by atoms with Crippen LogP contribution < -0.4 is 0 Å². The average Bonchev–Trinajstić information content (AvgIpc) is 2.49. The molecule has 1 aliphatic carbocycles. The number of benzene rings is 1. The molecular weight excluding hydrogens is 244 g/mol. The summed E-state index contributed by atoms with van der Waals surface area (Å²) >= 11 is 0. The van der Waals surface area contributed by atoms with E-state index < -0.39 is 0 Å². The molecule has 0 saturated heterocycles. The van der Waals surface area contributed by atoms with Crippen molar-refractivity contribution in [1.29, 1.82) is 0 Å². The highest BCUT2D eigenvalue weighted by Gasteiger charge is 2.38. The van der Waals surface area contributed by atoms with Crippen molar-refractivity contribution in [1.82, 2.24) is 0 Å². The molecule has 1 heteroatoms. The molecule has 0 atom stereocenters. The van der Waals surface area contributed by atoms with E-state index in [1.165, 1.54) is 5.56 Å². The van der Waals surface area contributed by atoms with Gasteiger partial charge in [-0.05, 0) is 63.4 Å². The predicted molar refractivity (Wildman–Crippen MR) is 84.8 cm³/mol. The molecule has 0 aromatic heterocycles. The summed E-state index contributed by atoms with van der Waals surface area (Å²) in [6.45, 7) is 5.57. The maximum absolute atomic E-state index is 12.1. The van der Waals surface area contributed by atoms with Gasteiger partial charge >= 0.3 is 0 Å². The van der Waals surface area contributed by atoms with Crippen LogP contribution >= 0.6 is 0 Å². The molecule has 0 unspecified atom stereocenters. The van der Waals surface area contributed by atoms with Gasteiger partial charge in [-0.15, -0.1) is 6.58 Å². The van der Waals surface area contributed by atoms with Gasteiger partial charge in [-0.2, -0.15) is 0 Å². The number of rotatable bonds is 6. The van der Waals surface area contributed by atoms with E-state index >= 15 is 0 Å². The highest BCUT2D eigenvalue weighted by molar-refractivity contribution is 5.82. The highest BCUT2D eigenvalue weighted by atomic mass is 16.1. The molecule has 1 aliphatic rings. The van der Waals surface area contributed by atoms with E-state index in [-0.39, 0.29) is 5.41 Å². The normalized spacial score (nSPS) is 26.1. The van der Waals surface area contributed by atoms with E-state index in [9.17, 15) is 4.79 Å². The van der Waals surface area contributed by atoms with E-state index in [1.807, 2.05) is 6.08 Å². The number of ketones is 1. The van der Waals surface area contributed by atoms with Crippen LogP contribution in [0.15, 0.2) is 43.0 Å². The van der Waals surface area contributed by atoms with Crippen LogP contribution in [-0.2, 0) is 4.79 Å². The van der Waals surface area contributed by atoms with Gasteiger partial charge in [0.2, 0.25) is 0 Å². The van der Waals surface area contributed by atoms with Crippen molar-refractivity contribution in [2.75, 3.05) is 0 Å². The molecule has 1 fully saturated rings. The van der Waals surface area contributed by atoms with Crippen molar-refractivity contribution in [3.8, 4) is 0 Å². The fourth-order valence-electron chi connectivity index (χ4n) is 3.59. The molecule has 0 aliphatic heterocycles. The Kier molecular flexibility index (Phi) is 5.17. The van der Waals surface area contributed by atoms with Crippen LogP contribution in [0.4, 0.5) is 0 Å². The molecule has 1 saturated carbocycles. The van der Waals surface area contributed by atoms with Crippen molar-refractivity contribution in [2.45, 2.75) is 57.8 Å². The zero-order chi connectivity index (χ0) is 14.4. The van der Waals surface area contributed by atoms with Gasteiger partial charge in [-0.1, -0.05) is 36.4 Å². The summed E-state index contributed by atoms with van der Waals surface area (Å²) in [4.78, 5) is 12.1. The predicted octanol–water partition coefficient (Wildman–Crippen LogP) is 5.28. The maximum Gasteiger partial charge on any atom is 0.135 e. The van der Waals surface area contributed by atoms with Gasteiger partial charge in [0.25, 0.3) is 0 Å². The van der Waals surface area contributed by atoms with Crippen molar-refractivity contribution in [2.24, 2.45) is 5.41 Å². The molecule has 0 radical (unpaired) electrons. The summed E-state index contributed by atoms with van der Waals surface area (Å²) in [5.41, 5.74) is 1.39. The lowest BCUT2D eigenvalue weighted by molar-refractivity contribution is -0.129. The lowest BCUT2D eigenvalue weighted by Gasteiger charge is -2.38. The third kappa shape index (κ3) is 3.39. The molecule has 0 spiro atoms. The Morgan fingerprint density at radius 1 is 1.30 bits per heavy atom. The number of hydrogen-bond acceptors (Lipinski definition) is 1. The maximum atomic E-state index is 12.1. The lowest BCUT2D eigenvalue weighted by atomic mass is 9.65. The Morgan fingerprint density at radius 2 is 1.95 bits per heavy atom. The molecule has 1 aromatic carbocycles. The molecule has 2 rings (SSSR count). The standard InChI is InChI=1S/C19H26O/c1-3-4-8-13-19(16(2)20)14-11-18(12-15-19)17-9-6-5-7-10-17/h3,5-7,9-10,18H,1,4,8,11-15H2,2H3. The lowest BCUT2D eigenvalue weighted by Crippen LogP contribution is -2.33. The zero-order valence-corrected chi connectivity index (χ0v) is 12.6. The quantitative estimate of drug-likeness (QED) is 0.508. The Labute approximate surface area is 123 Å². The topological polar surface area (TPSA) is 17.1 Å². The van der Waals surface area contributed by atoms with Crippen LogP contribution in [0.25, 0.3) is 0 Å². The Bertz CT molecular complexity index is 438. The molecule has 108 valence electrons. The first-order chi connectivity index (χ1) is 9.68. The van der Waals surface area contributed by atoms with Crippen molar-refractivity contribution in [3.63, 3.8) is 0 Å². The first kappa shape index (κ1) is 15.0. The zero-order valence-electron chi connectivity index (χ0n) is 12.6. The average molecular weight is 270 g/mol. The Hall–Kier alpha value is -1.37. The van der Waals surface area contributed by atoms with Crippen LogP contribution in [0.3, 0.4) is 0 Å².